The summed E-state index contributed by atoms with van der Waals surface area (Å²) in [6.07, 6.45) is 5.42. The first-order valence-corrected chi connectivity index (χ1v) is 13.7. The maximum Gasteiger partial charge on any atom is 0.138 e. The number of hydrogen-bond acceptors (Lipinski definition) is 7. The number of nitrogens with zero attached hydrogens (tertiary/aromatic N) is 5. The van der Waals surface area contributed by atoms with E-state index >= 15 is 0 Å². The van der Waals surface area contributed by atoms with Crippen molar-refractivity contribution in [2.75, 3.05) is 39.0 Å². The summed E-state index contributed by atoms with van der Waals surface area (Å²) in [7, 11) is 4.02. The summed E-state index contributed by atoms with van der Waals surface area (Å²) in [5, 5.41) is 15.2. The molecule has 0 aliphatic carbocycles. The van der Waals surface area contributed by atoms with Crippen LogP contribution < -0.4 is 10.6 Å². The first-order valence-electron chi connectivity index (χ1n) is 13.7. The summed E-state index contributed by atoms with van der Waals surface area (Å²) in [4.78, 5) is 19.4. The average Bonchev–Trinajstić information content (AvgIpc) is 3.59. The second-order valence-corrected chi connectivity index (χ2v) is 10.3. The Labute approximate surface area is 237 Å². The summed E-state index contributed by atoms with van der Waals surface area (Å²) in [6.45, 7) is 5.28. The van der Waals surface area contributed by atoms with Gasteiger partial charge in [0.05, 0.1) is 16.9 Å². The molecule has 6 rings (SSSR count). The monoisotopic (exact) mass is 549 g/mol. The fourth-order valence-corrected chi connectivity index (χ4v) is 4.92. The molecule has 0 saturated heterocycles. The SMILES string of the molecule is CCNCc1cncc(-c2ccc3[nH]nc(-c4cc5c(-c6cc(F)cc(NCCN(C)C)c6)ccnc5[nH]4)c3n2)c1. The lowest BCUT2D eigenvalue weighted by atomic mass is 10.0. The third-order valence-electron chi connectivity index (χ3n) is 6.96. The highest BCUT2D eigenvalue weighted by atomic mass is 19.1. The van der Waals surface area contributed by atoms with Gasteiger partial charge < -0.3 is 20.5 Å². The predicted octanol–water partition coefficient (Wildman–Crippen LogP) is 5.45. The number of nitrogens with one attached hydrogen (secondary N) is 4. The Morgan fingerprint density at radius 1 is 1.00 bits per heavy atom. The zero-order valence-electron chi connectivity index (χ0n) is 23.3. The Morgan fingerprint density at radius 3 is 2.76 bits per heavy atom. The van der Waals surface area contributed by atoms with Gasteiger partial charge in [-0.2, -0.15) is 5.10 Å². The molecule has 6 aromatic rings. The molecule has 0 spiro atoms. The van der Waals surface area contributed by atoms with Gasteiger partial charge in [0.1, 0.15) is 22.7 Å². The van der Waals surface area contributed by atoms with Crippen LogP contribution in [0.1, 0.15) is 12.5 Å². The normalized spacial score (nSPS) is 11.6. The number of hydrogen-bond donors (Lipinski definition) is 4. The fraction of sp³-hybridized carbons (Fsp3) is 0.226. The Balaban J connectivity index is 1.37. The molecule has 0 fully saturated rings. The van der Waals surface area contributed by atoms with E-state index in [2.05, 4.69) is 53.7 Å². The van der Waals surface area contributed by atoms with Crippen LogP contribution >= 0.6 is 0 Å². The lowest BCUT2D eigenvalue weighted by Gasteiger charge is -2.13. The van der Waals surface area contributed by atoms with E-state index in [-0.39, 0.29) is 5.82 Å². The summed E-state index contributed by atoms with van der Waals surface area (Å²) in [5.41, 5.74) is 8.96. The van der Waals surface area contributed by atoms with Gasteiger partial charge in [-0.15, -0.1) is 0 Å². The van der Waals surface area contributed by atoms with E-state index in [9.17, 15) is 4.39 Å². The second-order valence-electron chi connectivity index (χ2n) is 10.3. The van der Waals surface area contributed by atoms with Crippen molar-refractivity contribution in [1.29, 1.82) is 0 Å². The number of anilines is 1. The molecule has 0 saturated carbocycles. The minimum Gasteiger partial charge on any atom is -0.384 e. The fourth-order valence-electron chi connectivity index (χ4n) is 4.92. The van der Waals surface area contributed by atoms with E-state index in [0.29, 0.717) is 17.9 Å². The van der Waals surface area contributed by atoms with Crippen LogP contribution in [0.2, 0.25) is 0 Å². The van der Waals surface area contributed by atoms with Crippen molar-refractivity contribution < 1.29 is 4.39 Å². The van der Waals surface area contributed by atoms with Crippen molar-refractivity contribution in [3.63, 3.8) is 0 Å². The van der Waals surface area contributed by atoms with Crippen LogP contribution in [-0.2, 0) is 6.54 Å². The highest BCUT2D eigenvalue weighted by molar-refractivity contribution is 5.99. The standard InChI is InChI=1S/C31H32FN9/c1-4-33-16-19-11-21(18-34-17-19)26-5-6-27-29(37-26)30(40-39-27)28-15-25-24(7-8-36-31(25)38-28)20-12-22(32)14-23(13-20)35-9-10-41(2)3/h5-8,11-15,17-18,33,35H,4,9-10,16H2,1-3H3,(H,36,38)(H,39,40). The summed E-state index contributed by atoms with van der Waals surface area (Å²) < 4.78 is 14.7. The summed E-state index contributed by atoms with van der Waals surface area (Å²) >= 11 is 0. The third-order valence-corrected chi connectivity index (χ3v) is 6.96. The molecule has 0 radical (unpaired) electrons. The number of likely N-dealkylation sites (N-methyl/N-ethyl adjacent to an activating group) is 1. The molecule has 0 amide bonds. The van der Waals surface area contributed by atoms with E-state index in [1.54, 1.807) is 12.3 Å². The van der Waals surface area contributed by atoms with E-state index in [1.807, 2.05) is 56.8 Å². The molecule has 0 aliphatic heterocycles. The van der Waals surface area contributed by atoms with Gasteiger partial charge in [0.15, 0.2) is 0 Å². The largest absolute Gasteiger partial charge is 0.384 e. The molecule has 5 heterocycles. The van der Waals surface area contributed by atoms with Crippen molar-refractivity contribution in [2.45, 2.75) is 13.5 Å². The number of aromatic amines is 2. The van der Waals surface area contributed by atoms with E-state index < -0.39 is 0 Å². The van der Waals surface area contributed by atoms with Crippen molar-refractivity contribution in [3.05, 3.63) is 78.5 Å². The van der Waals surface area contributed by atoms with Crippen LogP contribution in [0.4, 0.5) is 10.1 Å². The number of aromatic nitrogens is 6. The first kappa shape index (κ1) is 26.5. The molecule has 208 valence electrons. The molecular formula is C31H32FN9. The van der Waals surface area contributed by atoms with Crippen LogP contribution in [0.15, 0.2) is 67.1 Å². The molecule has 41 heavy (non-hydrogen) atoms. The lowest BCUT2D eigenvalue weighted by Crippen LogP contribution is -2.20. The van der Waals surface area contributed by atoms with Crippen molar-refractivity contribution in [2.24, 2.45) is 0 Å². The Morgan fingerprint density at radius 2 is 1.90 bits per heavy atom. The maximum atomic E-state index is 14.7. The predicted molar refractivity (Wildman–Crippen MR) is 162 cm³/mol. The average molecular weight is 550 g/mol. The van der Waals surface area contributed by atoms with Crippen LogP contribution in [0, 0.1) is 5.82 Å². The molecule has 0 aliphatic rings. The number of benzene rings is 1. The van der Waals surface area contributed by atoms with Gasteiger partial charge in [-0.1, -0.05) is 6.92 Å². The number of rotatable bonds is 10. The van der Waals surface area contributed by atoms with Gasteiger partial charge in [-0.3, -0.25) is 10.1 Å². The van der Waals surface area contributed by atoms with Gasteiger partial charge >= 0.3 is 0 Å². The smallest absolute Gasteiger partial charge is 0.138 e. The van der Waals surface area contributed by atoms with Gasteiger partial charge in [0, 0.05) is 54.9 Å². The number of H-pyrrole nitrogens is 2. The van der Waals surface area contributed by atoms with Crippen LogP contribution in [0.3, 0.4) is 0 Å². The molecule has 0 unspecified atom stereocenters. The first-order chi connectivity index (χ1) is 20.0. The lowest BCUT2D eigenvalue weighted by molar-refractivity contribution is 0.425. The zero-order valence-corrected chi connectivity index (χ0v) is 23.3. The minimum absolute atomic E-state index is 0.297. The highest BCUT2D eigenvalue weighted by Gasteiger charge is 2.17. The molecule has 0 bridgehead atoms. The summed E-state index contributed by atoms with van der Waals surface area (Å²) in [5.74, 6) is -0.297. The Kier molecular flexibility index (Phi) is 7.41. The number of halogens is 1. The van der Waals surface area contributed by atoms with E-state index in [1.165, 1.54) is 6.07 Å². The van der Waals surface area contributed by atoms with Crippen LogP contribution in [0.5, 0.6) is 0 Å². The topological polar surface area (TPSA) is 110 Å². The molecule has 4 N–H and O–H groups in total. The van der Waals surface area contributed by atoms with E-state index in [4.69, 9.17) is 4.98 Å². The Hall–Kier alpha value is -4.67. The molecule has 0 atom stereocenters. The summed E-state index contributed by atoms with van der Waals surface area (Å²) in [6, 6.07) is 15.0. The third kappa shape index (κ3) is 5.65. The molecule has 10 heteroatoms. The van der Waals surface area contributed by atoms with Crippen molar-refractivity contribution >= 4 is 27.8 Å². The van der Waals surface area contributed by atoms with Crippen LogP contribution in [0.25, 0.3) is 55.8 Å². The van der Waals surface area contributed by atoms with Crippen molar-refractivity contribution in [1.82, 2.24) is 40.3 Å². The second kappa shape index (κ2) is 11.4. The van der Waals surface area contributed by atoms with Crippen LogP contribution in [-0.4, -0.2) is 68.8 Å². The Bertz CT molecular complexity index is 1820. The maximum absolute atomic E-state index is 14.7. The molecule has 1 aromatic carbocycles. The minimum atomic E-state index is -0.297. The number of pyridine rings is 3. The highest BCUT2D eigenvalue weighted by Crippen LogP contribution is 2.34. The number of fused-ring (bicyclic) bond motifs is 2. The quantitative estimate of drug-likeness (QED) is 0.180. The van der Waals surface area contributed by atoms with Crippen molar-refractivity contribution in [3.8, 4) is 33.8 Å². The molecule has 5 aromatic heterocycles. The molecular weight excluding hydrogens is 517 g/mol. The van der Waals surface area contributed by atoms with Gasteiger partial charge in [0.2, 0.25) is 0 Å². The zero-order chi connectivity index (χ0) is 28.3. The van der Waals surface area contributed by atoms with E-state index in [0.717, 1.165) is 75.4 Å². The van der Waals surface area contributed by atoms with Gasteiger partial charge in [0.25, 0.3) is 0 Å². The van der Waals surface area contributed by atoms with Gasteiger partial charge in [-0.25, -0.2) is 14.4 Å². The van der Waals surface area contributed by atoms with Gasteiger partial charge in [-0.05, 0) is 85.9 Å². The molecule has 9 nitrogen and oxygen atoms in total.